The molecule has 154 valence electrons. The summed E-state index contributed by atoms with van der Waals surface area (Å²) in [5.41, 5.74) is 0. The van der Waals surface area contributed by atoms with E-state index in [9.17, 15) is 19.2 Å². The van der Waals surface area contributed by atoms with Crippen LogP contribution in [-0.4, -0.2) is 71.8 Å². The second-order valence-electron chi connectivity index (χ2n) is 6.79. The lowest BCUT2D eigenvalue weighted by Gasteiger charge is -2.16. The predicted octanol–water partition coefficient (Wildman–Crippen LogP) is 0.950. The molecule has 1 fully saturated rings. The molecule has 1 rings (SSSR count). The number of hydrogen-bond acceptors (Lipinski definition) is 6. The fourth-order valence-corrected chi connectivity index (χ4v) is 2.72. The molecule has 0 aromatic carbocycles. The predicted molar refractivity (Wildman–Crippen MR) is 107 cm³/mol. The Morgan fingerprint density at radius 2 is 1.85 bits per heavy atom. The van der Waals surface area contributed by atoms with E-state index in [0.29, 0.717) is 26.4 Å². The van der Waals surface area contributed by atoms with Crippen LogP contribution >= 0.6 is 22.6 Å². The molecule has 1 saturated heterocycles. The molecule has 1 aliphatic rings. The molecule has 1 heterocycles. The van der Waals surface area contributed by atoms with Crippen molar-refractivity contribution < 1.29 is 28.7 Å². The van der Waals surface area contributed by atoms with Gasteiger partial charge in [-0.2, -0.15) is 0 Å². The van der Waals surface area contributed by atoms with Crippen LogP contribution in [-0.2, 0) is 28.7 Å². The number of nitrogens with zero attached hydrogens (tertiary/aromatic N) is 1. The summed E-state index contributed by atoms with van der Waals surface area (Å²) < 4.78 is 10.4. The lowest BCUT2D eigenvalue weighted by atomic mass is 9.94. The largest absolute Gasteiger partial charge is 0.377 e. The zero-order valence-electron chi connectivity index (χ0n) is 16.2. The number of ether oxygens (including phenoxy) is 2. The van der Waals surface area contributed by atoms with Crippen LogP contribution in [0.4, 0.5) is 0 Å². The SMILES string of the molecule is CC(I)C(=O)COCCOCCNC(=O)CCN1C(=O)CC(C(C)C)C1=O. The summed E-state index contributed by atoms with van der Waals surface area (Å²) in [5, 5.41) is 2.69. The maximum atomic E-state index is 12.2. The van der Waals surface area contributed by atoms with Crippen molar-refractivity contribution in [2.24, 2.45) is 11.8 Å². The molecule has 1 aliphatic heterocycles. The summed E-state index contributed by atoms with van der Waals surface area (Å²) >= 11 is 2.04. The number of hydrogen-bond donors (Lipinski definition) is 1. The Morgan fingerprint density at radius 1 is 1.19 bits per heavy atom. The van der Waals surface area contributed by atoms with Gasteiger partial charge in [0.05, 0.1) is 23.7 Å². The molecule has 3 amide bonds. The average Bonchev–Trinajstić information content (AvgIpc) is 2.89. The Labute approximate surface area is 173 Å². The molecule has 0 saturated carbocycles. The summed E-state index contributed by atoms with van der Waals surface area (Å²) in [7, 11) is 0. The number of Topliss-reactive ketones (excluding diaryl/α,β-unsaturated/α-hetero) is 1. The second kappa shape index (κ2) is 12.4. The number of likely N-dealkylation sites (tertiary alicyclic amines) is 1. The van der Waals surface area contributed by atoms with Gasteiger partial charge in [-0.3, -0.25) is 24.1 Å². The number of halogens is 1. The number of alkyl halides is 1. The van der Waals surface area contributed by atoms with Gasteiger partial charge in [-0.25, -0.2) is 0 Å². The second-order valence-corrected chi connectivity index (χ2v) is 8.65. The molecule has 1 N–H and O–H groups in total. The van der Waals surface area contributed by atoms with E-state index in [4.69, 9.17) is 9.47 Å². The molecule has 2 atom stereocenters. The zero-order valence-corrected chi connectivity index (χ0v) is 18.3. The van der Waals surface area contributed by atoms with E-state index in [2.05, 4.69) is 5.32 Å². The maximum Gasteiger partial charge on any atom is 0.233 e. The molecule has 8 nitrogen and oxygen atoms in total. The van der Waals surface area contributed by atoms with Crippen molar-refractivity contribution in [3.63, 3.8) is 0 Å². The summed E-state index contributed by atoms with van der Waals surface area (Å²) in [6.07, 6.45) is 0.318. The minimum absolute atomic E-state index is 0.0394. The Hall–Kier alpha value is -1.07. The normalized spacial score (nSPS) is 18.3. The van der Waals surface area contributed by atoms with Crippen LogP contribution in [0.2, 0.25) is 0 Å². The quantitative estimate of drug-likeness (QED) is 0.176. The number of carbonyl (C=O) groups excluding carboxylic acids is 4. The molecule has 2 unspecified atom stereocenters. The first kappa shape index (κ1) is 24.0. The van der Waals surface area contributed by atoms with E-state index in [-0.39, 0.29) is 65.3 Å². The van der Waals surface area contributed by atoms with Crippen LogP contribution in [0.15, 0.2) is 0 Å². The summed E-state index contributed by atoms with van der Waals surface area (Å²) in [6.45, 7) is 7.15. The topological polar surface area (TPSA) is 102 Å². The van der Waals surface area contributed by atoms with E-state index in [0.717, 1.165) is 0 Å². The van der Waals surface area contributed by atoms with Gasteiger partial charge in [0.25, 0.3) is 0 Å². The Morgan fingerprint density at radius 3 is 2.44 bits per heavy atom. The summed E-state index contributed by atoms with van der Waals surface area (Å²) in [4.78, 5) is 48.4. The molecular formula is C18H29IN2O6. The van der Waals surface area contributed by atoms with E-state index >= 15 is 0 Å². The fraction of sp³-hybridized carbons (Fsp3) is 0.778. The van der Waals surface area contributed by atoms with Gasteiger partial charge in [-0.05, 0) is 12.8 Å². The van der Waals surface area contributed by atoms with Crippen LogP contribution < -0.4 is 5.32 Å². The number of amides is 3. The first-order valence-electron chi connectivity index (χ1n) is 9.17. The van der Waals surface area contributed by atoms with Crippen molar-refractivity contribution in [1.82, 2.24) is 10.2 Å². The van der Waals surface area contributed by atoms with Gasteiger partial charge in [0.1, 0.15) is 6.61 Å². The Balaban J connectivity index is 2.07. The number of rotatable bonds is 13. The number of ketones is 1. The van der Waals surface area contributed by atoms with E-state index in [1.54, 1.807) is 0 Å². The van der Waals surface area contributed by atoms with Crippen LogP contribution in [0.3, 0.4) is 0 Å². The van der Waals surface area contributed by atoms with Crippen molar-refractivity contribution in [1.29, 1.82) is 0 Å². The van der Waals surface area contributed by atoms with Crippen molar-refractivity contribution in [2.75, 3.05) is 39.5 Å². The first-order valence-corrected chi connectivity index (χ1v) is 10.4. The molecule has 0 aromatic heterocycles. The van der Waals surface area contributed by atoms with Gasteiger partial charge >= 0.3 is 0 Å². The van der Waals surface area contributed by atoms with Gasteiger partial charge < -0.3 is 14.8 Å². The standard InChI is InChI=1S/C18H29IN2O6/c1-12(2)14-10-17(24)21(18(14)25)6-4-16(23)20-5-7-26-8-9-27-11-15(22)13(3)19/h12-14H,4-11H2,1-3H3,(H,20,23). The third-order valence-electron chi connectivity index (χ3n) is 4.27. The fourth-order valence-electron chi connectivity index (χ4n) is 2.54. The van der Waals surface area contributed by atoms with Crippen LogP contribution in [0.25, 0.3) is 0 Å². The average molecular weight is 496 g/mol. The number of imide groups is 1. The molecule has 0 radical (unpaired) electrons. The zero-order chi connectivity index (χ0) is 20.4. The highest BCUT2D eigenvalue weighted by Gasteiger charge is 2.39. The smallest absolute Gasteiger partial charge is 0.233 e. The van der Waals surface area contributed by atoms with E-state index in [1.165, 1.54) is 4.90 Å². The third kappa shape index (κ3) is 8.65. The van der Waals surface area contributed by atoms with Crippen molar-refractivity contribution >= 4 is 46.1 Å². The van der Waals surface area contributed by atoms with E-state index in [1.807, 2.05) is 43.4 Å². The molecule has 0 spiro atoms. The molecule has 0 aromatic rings. The highest BCUT2D eigenvalue weighted by Crippen LogP contribution is 2.26. The minimum Gasteiger partial charge on any atom is -0.377 e. The van der Waals surface area contributed by atoms with Gasteiger partial charge in [0.2, 0.25) is 17.7 Å². The summed E-state index contributed by atoms with van der Waals surface area (Å²) in [6, 6.07) is 0. The molecule has 9 heteroatoms. The molecular weight excluding hydrogens is 467 g/mol. The van der Waals surface area contributed by atoms with Crippen molar-refractivity contribution in [2.45, 2.75) is 37.5 Å². The third-order valence-corrected chi connectivity index (χ3v) is 4.97. The maximum absolute atomic E-state index is 12.2. The first-order chi connectivity index (χ1) is 12.7. The van der Waals surface area contributed by atoms with Crippen LogP contribution in [0.5, 0.6) is 0 Å². The van der Waals surface area contributed by atoms with Crippen molar-refractivity contribution in [3.05, 3.63) is 0 Å². The lowest BCUT2D eigenvalue weighted by Crippen LogP contribution is -2.36. The monoisotopic (exact) mass is 496 g/mol. The Bertz CT molecular complexity index is 538. The summed E-state index contributed by atoms with van der Waals surface area (Å²) in [5.74, 6) is -0.731. The highest BCUT2D eigenvalue weighted by molar-refractivity contribution is 14.1. The van der Waals surface area contributed by atoms with Gasteiger partial charge in [-0.15, -0.1) is 0 Å². The minimum atomic E-state index is -0.272. The van der Waals surface area contributed by atoms with Crippen LogP contribution in [0.1, 0.15) is 33.6 Å². The van der Waals surface area contributed by atoms with Crippen LogP contribution in [0, 0.1) is 11.8 Å². The molecule has 0 aliphatic carbocycles. The highest BCUT2D eigenvalue weighted by atomic mass is 127. The Kier molecular flexibility index (Phi) is 11.0. The van der Waals surface area contributed by atoms with Gasteiger partial charge in [0.15, 0.2) is 5.78 Å². The van der Waals surface area contributed by atoms with Crippen molar-refractivity contribution in [3.8, 4) is 0 Å². The molecule has 27 heavy (non-hydrogen) atoms. The number of nitrogens with one attached hydrogen (secondary N) is 1. The lowest BCUT2D eigenvalue weighted by molar-refractivity contribution is -0.140. The number of carbonyl (C=O) groups is 4. The van der Waals surface area contributed by atoms with E-state index < -0.39 is 0 Å². The molecule has 0 bridgehead atoms. The van der Waals surface area contributed by atoms with Gasteiger partial charge in [-0.1, -0.05) is 36.4 Å². The van der Waals surface area contributed by atoms with Gasteiger partial charge in [0, 0.05) is 31.8 Å².